The summed E-state index contributed by atoms with van der Waals surface area (Å²) in [6, 6.07) is 11.9. The van der Waals surface area contributed by atoms with Crippen molar-refractivity contribution in [2.75, 3.05) is 11.9 Å². The van der Waals surface area contributed by atoms with Crippen LogP contribution in [0.25, 0.3) is 0 Å². The molecule has 114 valence electrons. The van der Waals surface area contributed by atoms with Gasteiger partial charge in [0.15, 0.2) is 0 Å². The lowest BCUT2D eigenvalue weighted by Gasteiger charge is -2.13. The Bertz CT molecular complexity index is 879. The summed E-state index contributed by atoms with van der Waals surface area (Å²) in [7, 11) is -2.03. The van der Waals surface area contributed by atoms with Gasteiger partial charge in [-0.25, -0.2) is 0 Å². The van der Waals surface area contributed by atoms with Crippen LogP contribution in [0.3, 0.4) is 0 Å². The number of hydrogen-bond donors (Lipinski definition) is 0. The molecule has 3 rings (SSSR count). The lowest BCUT2D eigenvalue weighted by molar-refractivity contribution is 0.598. The van der Waals surface area contributed by atoms with Gasteiger partial charge >= 0.3 is 0 Å². The van der Waals surface area contributed by atoms with Crippen molar-refractivity contribution >= 4 is 44.7 Å². The molecule has 22 heavy (non-hydrogen) atoms. The van der Waals surface area contributed by atoms with Gasteiger partial charge in [-0.15, -0.1) is 4.40 Å². The molecule has 0 aliphatic carbocycles. The van der Waals surface area contributed by atoms with Crippen LogP contribution in [0.2, 0.25) is 10.0 Å². The van der Waals surface area contributed by atoms with Gasteiger partial charge < -0.3 is 4.90 Å². The number of amidine groups is 1. The number of rotatable bonds is 2. The van der Waals surface area contributed by atoms with E-state index >= 15 is 0 Å². The number of benzene rings is 2. The van der Waals surface area contributed by atoms with E-state index in [1.165, 1.54) is 18.2 Å². The van der Waals surface area contributed by atoms with Gasteiger partial charge in [-0.2, -0.15) is 8.42 Å². The highest BCUT2D eigenvalue weighted by atomic mass is 35.5. The van der Waals surface area contributed by atoms with Crippen LogP contribution in [0, 0.1) is 0 Å². The zero-order chi connectivity index (χ0) is 15.9. The Morgan fingerprint density at radius 3 is 2.50 bits per heavy atom. The van der Waals surface area contributed by atoms with E-state index in [0.717, 1.165) is 11.3 Å². The average Bonchev–Trinajstić information content (AvgIpc) is 2.78. The first-order valence-corrected chi connectivity index (χ1v) is 8.68. The van der Waals surface area contributed by atoms with E-state index in [1.54, 1.807) is 11.9 Å². The highest BCUT2D eigenvalue weighted by Crippen LogP contribution is 2.30. The largest absolute Gasteiger partial charge is 0.332 e. The van der Waals surface area contributed by atoms with Gasteiger partial charge in [-0.05, 0) is 29.8 Å². The average molecular weight is 355 g/mol. The minimum Gasteiger partial charge on any atom is -0.332 e. The Hall–Kier alpha value is -1.56. The molecule has 2 aromatic carbocycles. The lowest BCUT2D eigenvalue weighted by atomic mass is 10.2. The van der Waals surface area contributed by atoms with Gasteiger partial charge in [-0.1, -0.05) is 41.4 Å². The second-order valence-corrected chi connectivity index (χ2v) is 7.34. The summed E-state index contributed by atoms with van der Waals surface area (Å²) in [6.45, 7) is 0. The zero-order valence-corrected chi connectivity index (χ0v) is 14.0. The van der Waals surface area contributed by atoms with Crippen LogP contribution >= 0.6 is 23.2 Å². The lowest BCUT2D eigenvalue weighted by Crippen LogP contribution is -2.23. The Morgan fingerprint density at radius 2 is 1.82 bits per heavy atom. The zero-order valence-electron chi connectivity index (χ0n) is 11.6. The van der Waals surface area contributed by atoms with Crippen molar-refractivity contribution in [1.82, 2.24) is 0 Å². The number of halogens is 2. The third-order valence-electron chi connectivity index (χ3n) is 3.50. The summed E-state index contributed by atoms with van der Waals surface area (Å²) in [5.41, 5.74) is 2.01. The number of anilines is 1. The maximum Gasteiger partial charge on any atom is 0.284 e. The van der Waals surface area contributed by atoms with Crippen molar-refractivity contribution in [3.05, 3.63) is 58.1 Å². The fraction of sp³-hybridized carbons (Fsp3) is 0.133. The number of fused-ring (bicyclic) bond motifs is 1. The molecule has 0 saturated carbocycles. The molecule has 2 aromatic rings. The molecule has 0 spiro atoms. The Morgan fingerprint density at radius 1 is 1.09 bits per heavy atom. The van der Waals surface area contributed by atoms with Gasteiger partial charge in [0.25, 0.3) is 10.0 Å². The number of sulfonamides is 1. The van der Waals surface area contributed by atoms with Crippen LogP contribution in [-0.2, 0) is 16.4 Å². The van der Waals surface area contributed by atoms with Gasteiger partial charge in [0.05, 0.1) is 14.9 Å². The molecule has 0 atom stereocenters. The van der Waals surface area contributed by atoms with Crippen molar-refractivity contribution in [3.63, 3.8) is 0 Å². The van der Waals surface area contributed by atoms with E-state index in [4.69, 9.17) is 23.2 Å². The van der Waals surface area contributed by atoms with Crippen LogP contribution in [0.1, 0.15) is 5.56 Å². The van der Waals surface area contributed by atoms with Crippen LogP contribution in [-0.4, -0.2) is 21.3 Å². The quantitative estimate of drug-likeness (QED) is 0.824. The van der Waals surface area contributed by atoms with Gasteiger partial charge in [-0.3, -0.25) is 0 Å². The standard InChI is InChI=1S/C15H12Cl2N2O2S/c1-19-14-5-3-2-4-10(14)8-15(19)18-22(20,21)11-6-7-12(16)13(17)9-11/h2-7,9H,8H2,1H3/b18-15+. The summed E-state index contributed by atoms with van der Waals surface area (Å²) in [6.07, 6.45) is 0.479. The molecular formula is C15H12Cl2N2O2S. The van der Waals surface area contributed by atoms with E-state index in [1.807, 2.05) is 24.3 Å². The van der Waals surface area contributed by atoms with Crippen molar-refractivity contribution in [1.29, 1.82) is 0 Å². The van der Waals surface area contributed by atoms with Crippen molar-refractivity contribution in [2.45, 2.75) is 11.3 Å². The van der Waals surface area contributed by atoms with Crippen LogP contribution < -0.4 is 4.90 Å². The molecule has 1 aliphatic heterocycles. The van der Waals surface area contributed by atoms with Gasteiger partial charge in [0.1, 0.15) is 5.84 Å². The maximum atomic E-state index is 12.4. The highest BCUT2D eigenvalue weighted by Gasteiger charge is 2.25. The second kappa shape index (κ2) is 5.57. The Balaban J connectivity index is 2.00. The van der Waals surface area contributed by atoms with E-state index in [9.17, 15) is 8.42 Å². The van der Waals surface area contributed by atoms with Crippen molar-refractivity contribution < 1.29 is 8.42 Å². The van der Waals surface area contributed by atoms with Gasteiger partial charge in [0.2, 0.25) is 0 Å². The first-order chi connectivity index (χ1) is 10.4. The molecule has 0 N–H and O–H groups in total. The molecule has 7 heteroatoms. The second-order valence-electron chi connectivity index (χ2n) is 4.92. The first kappa shape index (κ1) is 15.3. The number of nitrogens with zero attached hydrogens (tertiary/aromatic N) is 2. The number of likely N-dealkylation sites (N-methyl/N-ethyl adjacent to an activating group) is 1. The summed E-state index contributed by atoms with van der Waals surface area (Å²) < 4.78 is 28.8. The maximum absolute atomic E-state index is 12.4. The van der Waals surface area contributed by atoms with Crippen molar-refractivity contribution in [3.8, 4) is 0 Å². The highest BCUT2D eigenvalue weighted by molar-refractivity contribution is 7.90. The summed E-state index contributed by atoms with van der Waals surface area (Å²) >= 11 is 11.7. The van der Waals surface area contributed by atoms with E-state index < -0.39 is 10.0 Å². The summed E-state index contributed by atoms with van der Waals surface area (Å²) in [4.78, 5) is 1.81. The monoisotopic (exact) mass is 354 g/mol. The fourth-order valence-electron chi connectivity index (χ4n) is 2.34. The SMILES string of the molecule is CN1/C(=N/S(=O)(=O)c2ccc(Cl)c(Cl)c2)Cc2ccccc21. The Kier molecular flexibility index (Phi) is 3.89. The molecular weight excluding hydrogens is 343 g/mol. The third-order valence-corrected chi connectivity index (χ3v) is 5.54. The van der Waals surface area contributed by atoms with E-state index in [2.05, 4.69) is 4.40 Å². The van der Waals surface area contributed by atoms with Crippen LogP contribution in [0.15, 0.2) is 51.8 Å². The summed E-state index contributed by atoms with van der Waals surface area (Å²) in [5, 5.41) is 0.490. The normalized spacial score (nSPS) is 16.1. The number of para-hydroxylation sites is 1. The first-order valence-electron chi connectivity index (χ1n) is 6.49. The van der Waals surface area contributed by atoms with Crippen LogP contribution in [0.5, 0.6) is 0 Å². The Labute approximate surface area is 139 Å². The molecule has 0 amide bonds. The topological polar surface area (TPSA) is 49.7 Å². The molecule has 1 aliphatic rings. The molecule has 0 radical (unpaired) electrons. The smallest absolute Gasteiger partial charge is 0.284 e. The predicted octanol–water partition coefficient (Wildman–Crippen LogP) is 3.77. The minimum absolute atomic E-state index is 0.0266. The molecule has 0 saturated heterocycles. The van der Waals surface area contributed by atoms with E-state index in [-0.39, 0.29) is 9.92 Å². The molecule has 0 fully saturated rings. The summed E-state index contributed by atoms with van der Waals surface area (Å²) in [5.74, 6) is 0.479. The molecule has 4 nitrogen and oxygen atoms in total. The van der Waals surface area contributed by atoms with Crippen LogP contribution in [0.4, 0.5) is 5.69 Å². The third kappa shape index (κ3) is 2.72. The predicted molar refractivity (Wildman–Crippen MR) is 89.6 cm³/mol. The molecule has 0 bridgehead atoms. The minimum atomic E-state index is -3.83. The number of hydrogen-bond acceptors (Lipinski definition) is 2. The molecule has 0 aromatic heterocycles. The van der Waals surface area contributed by atoms with Gasteiger partial charge in [0, 0.05) is 19.2 Å². The van der Waals surface area contributed by atoms with Crippen molar-refractivity contribution in [2.24, 2.45) is 4.40 Å². The molecule has 1 heterocycles. The molecule has 0 unspecified atom stereocenters. The van der Waals surface area contributed by atoms with E-state index in [0.29, 0.717) is 17.3 Å². The fourth-order valence-corrected chi connectivity index (χ4v) is 3.78.